The Hall–Kier alpha value is -0.130. The number of rotatable bonds is 7. The van der Waals surface area contributed by atoms with Crippen LogP contribution in [0.1, 0.15) is 46.0 Å². The zero-order valence-electron chi connectivity index (χ0n) is 11.7. The van der Waals surface area contributed by atoms with E-state index < -0.39 is 10.0 Å². The van der Waals surface area contributed by atoms with Crippen LogP contribution >= 0.6 is 0 Å². The molecule has 108 valence electrons. The van der Waals surface area contributed by atoms with Crippen LogP contribution in [0.3, 0.4) is 0 Å². The minimum absolute atomic E-state index is 0.241. The zero-order chi connectivity index (χ0) is 13.6. The molecule has 1 aliphatic carbocycles. The molecule has 0 aliphatic heterocycles. The lowest BCUT2D eigenvalue weighted by molar-refractivity contribution is 0.244. The first-order valence-corrected chi connectivity index (χ1v) is 8.77. The fourth-order valence-corrected chi connectivity index (χ4v) is 3.95. The Balaban J connectivity index is 2.38. The van der Waals surface area contributed by atoms with Crippen LogP contribution in [0.5, 0.6) is 0 Å². The highest BCUT2D eigenvalue weighted by Gasteiger charge is 2.25. The molecular weight excluding hydrogens is 248 g/mol. The van der Waals surface area contributed by atoms with Gasteiger partial charge < -0.3 is 5.73 Å². The predicted octanol–water partition coefficient (Wildman–Crippen LogP) is 1.72. The first kappa shape index (κ1) is 15.9. The summed E-state index contributed by atoms with van der Waals surface area (Å²) in [5.74, 6) is 1.59. The molecule has 0 amide bonds. The van der Waals surface area contributed by atoms with Gasteiger partial charge in [-0.2, -0.15) is 0 Å². The first-order valence-electron chi connectivity index (χ1n) is 7.12. The van der Waals surface area contributed by atoms with Crippen molar-refractivity contribution in [2.75, 3.05) is 18.8 Å². The number of nitrogens with two attached hydrogens (primary N) is 1. The second-order valence-corrected chi connectivity index (χ2v) is 7.82. The van der Waals surface area contributed by atoms with Crippen molar-refractivity contribution in [2.24, 2.45) is 23.5 Å². The highest BCUT2D eigenvalue weighted by molar-refractivity contribution is 7.89. The first-order chi connectivity index (χ1) is 8.44. The van der Waals surface area contributed by atoms with Crippen LogP contribution in [0.25, 0.3) is 0 Å². The van der Waals surface area contributed by atoms with Gasteiger partial charge in [-0.15, -0.1) is 0 Å². The Morgan fingerprint density at radius 1 is 1.22 bits per heavy atom. The maximum atomic E-state index is 11.8. The molecule has 0 spiro atoms. The summed E-state index contributed by atoms with van der Waals surface area (Å²) in [6.07, 6.45) is 5.41. The van der Waals surface area contributed by atoms with Gasteiger partial charge in [-0.05, 0) is 43.6 Å². The summed E-state index contributed by atoms with van der Waals surface area (Å²) in [7, 11) is -3.10. The van der Waals surface area contributed by atoms with Gasteiger partial charge in [0.25, 0.3) is 0 Å². The average molecular weight is 276 g/mol. The van der Waals surface area contributed by atoms with Crippen LogP contribution in [-0.2, 0) is 10.0 Å². The summed E-state index contributed by atoms with van der Waals surface area (Å²) >= 11 is 0. The molecule has 1 fully saturated rings. The van der Waals surface area contributed by atoms with Gasteiger partial charge in [-0.25, -0.2) is 13.1 Å². The van der Waals surface area contributed by atoms with Gasteiger partial charge >= 0.3 is 0 Å². The Kier molecular flexibility index (Phi) is 6.60. The number of hydrogen-bond acceptors (Lipinski definition) is 3. The second kappa shape index (κ2) is 7.46. The molecule has 1 aliphatic rings. The molecule has 0 aromatic rings. The van der Waals surface area contributed by atoms with Gasteiger partial charge in [0.2, 0.25) is 10.0 Å². The fourth-order valence-electron chi connectivity index (χ4n) is 2.56. The van der Waals surface area contributed by atoms with Gasteiger partial charge in [0.15, 0.2) is 0 Å². The molecule has 3 N–H and O–H groups in total. The van der Waals surface area contributed by atoms with E-state index in [2.05, 4.69) is 4.72 Å². The molecule has 0 heterocycles. The molecular formula is C13H28N2O2S. The largest absolute Gasteiger partial charge is 0.330 e. The van der Waals surface area contributed by atoms with Crippen LogP contribution in [0.15, 0.2) is 0 Å². The molecule has 0 radical (unpaired) electrons. The average Bonchev–Trinajstić information content (AvgIpc) is 2.34. The van der Waals surface area contributed by atoms with Crippen molar-refractivity contribution >= 4 is 10.0 Å². The maximum Gasteiger partial charge on any atom is 0.211 e. The summed E-state index contributed by atoms with van der Waals surface area (Å²) in [6, 6.07) is 0. The standard InChI is InChI=1S/C13H28N2O2S/c1-11(2)7-8-18(16,17)15-10-13-6-4-3-5-12(13)9-14/h11-13,15H,3-10,14H2,1-2H3. The van der Waals surface area contributed by atoms with Crippen molar-refractivity contribution < 1.29 is 8.42 Å². The topological polar surface area (TPSA) is 72.2 Å². The van der Waals surface area contributed by atoms with Crippen LogP contribution in [0.2, 0.25) is 0 Å². The van der Waals surface area contributed by atoms with Gasteiger partial charge in [-0.1, -0.05) is 26.7 Å². The van der Waals surface area contributed by atoms with Crippen molar-refractivity contribution in [1.82, 2.24) is 4.72 Å². The van der Waals surface area contributed by atoms with E-state index in [0.717, 1.165) is 19.3 Å². The number of sulfonamides is 1. The highest BCUT2D eigenvalue weighted by atomic mass is 32.2. The minimum Gasteiger partial charge on any atom is -0.330 e. The maximum absolute atomic E-state index is 11.8. The van der Waals surface area contributed by atoms with Crippen molar-refractivity contribution in [3.05, 3.63) is 0 Å². The molecule has 0 saturated heterocycles. The van der Waals surface area contributed by atoms with E-state index in [0.29, 0.717) is 30.8 Å². The highest BCUT2D eigenvalue weighted by Crippen LogP contribution is 2.28. The lowest BCUT2D eigenvalue weighted by Crippen LogP contribution is -2.37. The zero-order valence-corrected chi connectivity index (χ0v) is 12.5. The summed E-state index contributed by atoms with van der Waals surface area (Å²) < 4.78 is 26.4. The Morgan fingerprint density at radius 3 is 2.39 bits per heavy atom. The monoisotopic (exact) mass is 276 g/mol. The Bertz CT molecular complexity index is 328. The summed E-state index contributed by atoms with van der Waals surface area (Å²) in [5, 5.41) is 0. The molecule has 5 heteroatoms. The van der Waals surface area contributed by atoms with Crippen LogP contribution in [-0.4, -0.2) is 27.3 Å². The van der Waals surface area contributed by atoms with E-state index in [1.54, 1.807) is 0 Å². The predicted molar refractivity (Wildman–Crippen MR) is 75.7 cm³/mol. The van der Waals surface area contributed by atoms with Gasteiger partial charge in [0, 0.05) is 6.54 Å². The molecule has 0 aromatic heterocycles. The third-order valence-electron chi connectivity index (χ3n) is 3.90. The number of nitrogens with one attached hydrogen (secondary N) is 1. The minimum atomic E-state index is -3.10. The van der Waals surface area contributed by atoms with Crippen LogP contribution < -0.4 is 10.5 Å². The molecule has 1 rings (SSSR count). The third kappa shape index (κ3) is 5.67. The molecule has 18 heavy (non-hydrogen) atoms. The lowest BCUT2D eigenvalue weighted by atomic mass is 9.79. The molecule has 0 aromatic carbocycles. The van der Waals surface area contributed by atoms with E-state index in [1.165, 1.54) is 12.8 Å². The van der Waals surface area contributed by atoms with Crippen molar-refractivity contribution in [2.45, 2.75) is 46.0 Å². The molecule has 1 saturated carbocycles. The molecule has 2 unspecified atom stereocenters. The van der Waals surface area contributed by atoms with Gasteiger partial charge in [0.1, 0.15) is 0 Å². The Labute approximate surface area is 112 Å². The third-order valence-corrected chi connectivity index (χ3v) is 5.28. The fraction of sp³-hybridized carbons (Fsp3) is 1.00. The SMILES string of the molecule is CC(C)CCS(=O)(=O)NCC1CCCCC1CN. The lowest BCUT2D eigenvalue weighted by Gasteiger charge is -2.30. The number of hydrogen-bond donors (Lipinski definition) is 2. The van der Waals surface area contributed by atoms with Crippen molar-refractivity contribution in [3.8, 4) is 0 Å². The molecule has 4 nitrogen and oxygen atoms in total. The van der Waals surface area contributed by atoms with Gasteiger partial charge in [-0.3, -0.25) is 0 Å². The van der Waals surface area contributed by atoms with Gasteiger partial charge in [0.05, 0.1) is 5.75 Å². The Morgan fingerprint density at radius 2 is 1.83 bits per heavy atom. The normalized spacial score (nSPS) is 25.6. The summed E-state index contributed by atoms with van der Waals surface area (Å²) in [4.78, 5) is 0. The quantitative estimate of drug-likeness (QED) is 0.743. The van der Waals surface area contributed by atoms with Crippen LogP contribution in [0.4, 0.5) is 0 Å². The van der Waals surface area contributed by atoms with E-state index in [-0.39, 0.29) is 5.75 Å². The summed E-state index contributed by atoms with van der Waals surface area (Å²) in [5.41, 5.74) is 5.75. The smallest absolute Gasteiger partial charge is 0.211 e. The molecule has 2 atom stereocenters. The van der Waals surface area contributed by atoms with E-state index >= 15 is 0 Å². The van der Waals surface area contributed by atoms with Crippen molar-refractivity contribution in [1.29, 1.82) is 0 Å². The molecule has 0 bridgehead atoms. The second-order valence-electron chi connectivity index (χ2n) is 5.89. The van der Waals surface area contributed by atoms with Crippen LogP contribution in [0, 0.1) is 17.8 Å². The van der Waals surface area contributed by atoms with E-state index in [9.17, 15) is 8.42 Å². The van der Waals surface area contributed by atoms with Crippen molar-refractivity contribution in [3.63, 3.8) is 0 Å². The van der Waals surface area contributed by atoms with E-state index in [1.807, 2.05) is 13.8 Å². The summed E-state index contributed by atoms with van der Waals surface area (Å²) in [6.45, 7) is 5.34. The van der Waals surface area contributed by atoms with E-state index in [4.69, 9.17) is 5.73 Å².